The van der Waals surface area contributed by atoms with E-state index in [-0.39, 0.29) is 12.0 Å². The van der Waals surface area contributed by atoms with Crippen LogP contribution in [-0.4, -0.2) is 18.7 Å². The number of amides is 1. The number of carbonyl (C=O) groups is 1. The van der Waals surface area contributed by atoms with Crippen molar-refractivity contribution in [3.05, 3.63) is 29.8 Å². The van der Waals surface area contributed by atoms with Crippen LogP contribution in [0.1, 0.15) is 24.8 Å². The van der Waals surface area contributed by atoms with Crippen LogP contribution in [0, 0.1) is 17.2 Å². The minimum absolute atomic E-state index is 0.0934. The highest BCUT2D eigenvalue weighted by atomic mass is 16.6. The van der Waals surface area contributed by atoms with Gasteiger partial charge in [-0.3, -0.25) is 5.32 Å². The van der Waals surface area contributed by atoms with Crippen molar-refractivity contribution in [1.82, 2.24) is 0 Å². The van der Waals surface area contributed by atoms with Gasteiger partial charge < -0.3 is 10.5 Å². The molecule has 3 N–H and O–H groups in total. The van der Waals surface area contributed by atoms with Gasteiger partial charge in [-0.05, 0) is 44.0 Å². The van der Waals surface area contributed by atoms with Crippen LogP contribution in [0.15, 0.2) is 24.3 Å². The molecule has 5 nitrogen and oxygen atoms in total. The second-order valence-corrected chi connectivity index (χ2v) is 4.69. The van der Waals surface area contributed by atoms with Crippen molar-refractivity contribution in [2.24, 2.45) is 11.7 Å². The number of nitrogens with one attached hydrogen (secondary N) is 1. The first kappa shape index (κ1) is 13.4. The van der Waals surface area contributed by atoms with Crippen molar-refractivity contribution in [2.45, 2.75) is 25.4 Å². The van der Waals surface area contributed by atoms with Crippen LogP contribution in [-0.2, 0) is 4.74 Å². The van der Waals surface area contributed by atoms with Crippen molar-refractivity contribution >= 4 is 11.8 Å². The Bertz CT molecular complexity index is 496. The summed E-state index contributed by atoms with van der Waals surface area (Å²) in [5, 5.41) is 11.4. The Balaban J connectivity index is 1.92. The number of anilines is 1. The van der Waals surface area contributed by atoms with Gasteiger partial charge in [0.1, 0.15) is 6.10 Å². The highest BCUT2D eigenvalue weighted by Gasteiger charge is 2.29. The number of nitrogens with zero attached hydrogens (tertiary/aromatic N) is 1. The van der Waals surface area contributed by atoms with Crippen molar-refractivity contribution < 1.29 is 9.53 Å². The van der Waals surface area contributed by atoms with E-state index in [0.717, 1.165) is 19.3 Å². The maximum Gasteiger partial charge on any atom is 0.411 e. The summed E-state index contributed by atoms with van der Waals surface area (Å²) in [6, 6.07) is 8.74. The predicted molar refractivity (Wildman–Crippen MR) is 71.4 cm³/mol. The normalized spacial score (nSPS) is 21.7. The van der Waals surface area contributed by atoms with Gasteiger partial charge in [-0.25, -0.2) is 4.79 Å². The third-order valence-electron chi connectivity index (χ3n) is 3.39. The lowest BCUT2D eigenvalue weighted by Gasteiger charge is -2.18. The van der Waals surface area contributed by atoms with Crippen LogP contribution >= 0.6 is 0 Å². The second kappa shape index (κ2) is 6.21. The Hall–Kier alpha value is -2.06. The van der Waals surface area contributed by atoms with E-state index < -0.39 is 6.09 Å². The van der Waals surface area contributed by atoms with E-state index in [1.54, 1.807) is 24.3 Å². The van der Waals surface area contributed by atoms with Crippen LogP contribution in [0.25, 0.3) is 0 Å². The standard InChI is InChI=1S/C14H17N3O2/c15-8-10-3-1-5-12(7-10)17-14(18)19-13-6-2-4-11(13)9-16/h1,3,5,7,11,13H,2,4,6,9,16H2,(H,17,18). The summed E-state index contributed by atoms with van der Waals surface area (Å²) >= 11 is 0. The molecule has 19 heavy (non-hydrogen) atoms. The maximum atomic E-state index is 11.8. The zero-order valence-corrected chi connectivity index (χ0v) is 10.6. The first-order chi connectivity index (χ1) is 9.22. The number of rotatable bonds is 3. The van der Waals surface area contributed by atoms with Crippen LogP contribution < -0.4 is 11.1 Å². The molecule has 0 bridgehead atoms. The zero-order valence-electron chi connectivity index (χ0n) is 10.6. The molecule has 5 heteroatoms. The van der Waals surface area contributed by atoms with Gasteiger partial charge in [0, 0.05) is 11.6 Å². The van der Waals surface area contributed by atoms with Crippen LogP contribution in [0.2, 0.25) is 0 Å². The minimum Gasteiger partial charge on any atom is -0.446 e. The van der Waals surface area contributed by atoms with Gasteiger partial charge in [0.15, 0.2) is 0 Å². The quantitative estimate of drug-likeness (QED) is 0.871. The van der Waals surface area contributed by atoms with Crippen molar-refractivity contribution in [2.75, 3.05) is 11.9 Å². The summed E-state index contributed by atoms with van der Waals surface area (Å²) in [4.78, 5) is 11.8. The number of benzene rings is 1. The average Bonchev–Trinajstić information content (AvgIpc) is 2.86. The van der Waals surface area contributed by atoms with Gasteiger partial charge in [-0.2, -0.15) is 5.26 Å². The average molecular weight is 259 g/mol. The van der Waals surface area contributed by atoms with Gasteiger partial charge in [-0.1, -0.05) is 6.07 Å². The fourth-order valence-corrected chi connectivity index (χ4v) is 2.38. The SMILES string of the molecule is N#Cc1cccc(NC(=O)OC2CCCC2CN)c1. The van der Waals surface area contributed by atoms with E-state index in [1.807, 2.05) is 6.07 Å². The number of nitriles is 1. The third-order valence-corrected chi connectivity index (χ3v) is 3.39. The molecule has 2 rings (SSSR count). The first-order valence-corrected chi connectivity index (χ1v) is 6.41. The number of hydrogen-bond acceptors (Lipinski definition) is 4. The Kier molecular flexibility index (Phi) is 4.37. The van der Waals surface area contributed by atoms with E-state index in [1.165, 1.54) is 0 Å². The number of nitrogens with two attached hydrogens (primary N) is 1. The summed E-state index contributed by atoms with van der Waals surface area (Å²) in [7, 11) is 0. The summed E-state index contributed by atoms with van der Waals surface area (Å²) in [5.41, 5.74) is 6.70. The fraction of sp³-hybridized carbons (Fsp3) is 0.429. The molecule has 0 saturated heterocycles. The topological polar surface area (TPSA) is 88.1 Å². The molecule has 1 amide bonds. The van der Waals surface area contributed by atoms with Crippen molar-refractivity contribution in [3.8, 4) is 6.07 Å². The van der Waals surface area contributed by atoms with E-state index in [9.17, 15) is 4.79 Å². The number of ether oxygens (including phenoxy) is 1. The Labute approximate surface area is 112 Å². The number of carbonyl (C=O) groups excluding carboxylic acids is 1. The highest BCUT2D eigenvalue weighted by molar-refractivity contribution is 5.84. The summed E-state index contributed by atoms with van der Waals surface area (Å²) in [6.07, 6.45) is 2.35. The molecular formula is C14H17N3O2. The number of hydrogen-bond donors (Lipinski definition) is 2. The van der Waals surface area contributed by atoms with Gasteiger partial charge in [-0.15, -0.1) is 0 Å². The molecule has 0 radical (unpaired) electrons. The van der Waals surface area contributed by atoms with E-state index in [4.69, 9.17) is 15.7 Å². The summed E-state index contributed by atoms with van der Waals surface area (Å²) < 4.78 is 5.38. The molecule has 1 aromatic rings. The van der Waals surface area contributed by atoms with Crippen molar-refractivity contribution in [1.29, 1.82) is 5.26 Å². The minimum atomic E-state index is -0.486. The zero-order chi connectivity index (χ0) is 13.7. The molecule has 2 atom stereocenters. The van der Waals surface area contributed by atoms with Crippen molar-refractivity contribution in [3.63, 3.8) is 0 Å². The molecule has 1 fully saturated rings. The monoisotopic (exact) mass is 259 g/mol. The Morgan fingerprint density at radius 3 is 3.11 bits per heavy atom. The van der Waals surface area contributed by atoms with Crippen LogP contribution in [0.3, 0.4) is 0 Å². The van der Waals surface area contributed by atoms with Crippen LogP contribution in [0.4, 0.5) is 10.5 Å². The molecule has 1 aliphatic carbocycles. The predicted octanol–water partition coefficient (Wildman–Crippen LogP) is 2.23. The molecule has 0 aliphatic heterocycles. The molecule has 1 aromatic carbocycles. The lowest BCUT2D eigenvalue weighted by molar-refractivity contribution is 0.0893. The lowest BCUT2D eigenvalue weighted by atomic mass is 10.1. The van der Waals surface area contributed by atoms with Gasteiger partial charge in [0.05, 0.1) is 11.6 Å². The second-order valence-electron chi connectivity index (χ2n) is 4.69. The van der Waals surface area contributed by atoms with E-state index >= 15 is 0 Å². The van der Waals surface area contributed by atoms with Crippen LogP contribution in [0.5, 0.6) is 0 Å². The molecule has 100 valence electrons. The third kappa shape index (κ3) is 3.46. The molecule has 0 aromatic heterocycles. The summed E-state index contributed by atoms with van der Waals surface area (Å²) in [5.74, 6) is 0.260. The Morgan fingerprint density at radius 1 is 1.53 bits per heavy atom. The first-order valence-electron chi connectivity index (χ1n) is 6.41. The maximum absolute atomic E-state index is 11.8. The van der Waals surface area contributed by atoms with Gasteiger partial charge >= 0.3 is 6.09 Å². The molecular weight excluding hydrogens is 242 g/mol. The van der Waals surface area contributed by atoms with Gasteiger partial charge in [0.2, 0.25) is 0 Å². The molecule has 0 heterocycles. The van der Waals surface area contributed by atoms with E-state index in [2.05, 4.69) is 5.32 Å². The molecule has 0 spiro atoms. The lowest BCUT2D eigenvalue weighted by Crippen LogP contribution is -2.29. The fourth-order valence-electron chi connectivity index (χ4n) is 2.38. The van der Waals surface area contributed by atoms with E-state index in [0.29, 0.717) is 17.8 Å². The smallest absolute Gasteiger partial charge is 0.411 e. The van der Waals surface area contributed by atoms with Gasteiger partial charge in [0.25, 0.3) is 0 Å². The molecule has 2 unspecified atom stereocenters. The largest absolute Gasteiger partial charge is 0.446 e. The Morgan fingerprint density at radius 2 is 2.37 bits per heavy atom. The highest BCUT2D eigenvalue weighted by Crippen LogP contribution is 2.27. The molecule has 1 saturated carbocycles. The summed E-state index contributed by atoms with van der Waals surface area (Å²) in [6.45, 7) is 0.544. The molecule has 1 aliphatic rings.